The normalized spacial score (nSPS) is 23.7. The van der Waals surface area contributed by atoms with E-state index in [-0.39, 0.29) is 23.3 Å². The average molecular weight is 298 g/mol. The van der Waals surface area contributed by atoms with Crippen LogP contribution in [-0.4, -0.2) is 49.6 Å². The highest BCUT2D eigenvalue weighted by Gasteiger charge is 2.29. The van der Waals surface area contributed by atoms with E-state index in [2.05, 4.69) is 17.3 Å². The molecule has 1 aliphatic rings. The zero-order valence-corrected chi connectivity index (χ0v) is 14.1. The number of likely N-dealkylation sites (tertiary alicyclic amines) is 1. The van der Waals surface area contributed by atoms with Crippen LogP contribution in [0.5, 0.6) is 0 Å². The van der Waals surface area contributed by atoms with Gasteiger partial charge in [0, 0.05) is 31.0 Å². The van der Waals surface area contributed by atoms with Crippen molar-refractivity contribution in [2.45, 2.75) is 53.0 Å². The molecule has 1 amide bonds. The highest BCUT2D eigenvalue weighted by Crippen LogP contribution is 2.22. The number of amides is 1. The van der Waals surface area contributed by atoms with E-state index in [0.29, 0.717) is 18.9 Å². The lowest BCUT2D eigenvalue weighted by Gasteiger charge is -2.37. The van der Waals surface area contributed by atoms with Crippen molar-refractivity contribution in [1.82, 2.24) is 10.2 Å². The molecule has 0 aromatic rings. The van der Waals surface area contributed by atoms with Crippen molar-refractivity contribution >= 4 is 11.9 Å². The monoisotopic (exact) mass is 298 g/mol. The third-order valence-electron chi connectivity index (χ3n) is 3.80. The molecule has 0 aromatic heterocycles. The molecule has 1 rings (SSSR count). The lowest BCUT2D eigenvalue weighted by Crippen LogP contribution is -2.51. The van der Waals surface area contributed by atoms with Crippen molar-refractivity contribution in [3.63, 3.8) is 0 Å². The van der Waals surface area contributed by atoms with Crippen molar-refractivity contribution in [3.8, 4) is 0 Å². The lowest BCUT2D eigenvalue weighted by atomic mass is 9.89. The topological polar surface area (TPSA) is 58.6 Å². The Morgan fingerprint density at radius 1 is 1.29 bits per heavy atom. The fourth-order valence-corrected chi connectivity index (χ4v) is 2.71. The number of piperidine rings is 1. The summed E-state index contributed by atoms with van der Waals surface area (Å²) in [6.45, 7) is 9.88. The van der Waals surface area contributed by atoms with E-state index in [1.807, 2.05) is 27.7 Å². The smallest absolute Gasteiger partial charge is 0.305 e. The molecule has 1 saturated heterocycles. The molecule has 1 aliphatic heterocycles. The minimum Gasteiger partial charge on any atom is -0.466 e. The maximum atomic E-state index is 12.1. The number of carbonyl (C=O) groups is 2. The van der Waals surface area contributed by atoms with E-state index in [9.17, 15) is 9.59 Å². The Morgan fingerprint density at radius 2 is 1.95 bits per heavy atom. The molecule has 1 fully saturated rings. The van der Waals surface area contributed by atoms with Crippen LogP contribution in [0.1, 0.15) is 47.0 Å². The number of rotatable bonds is 5. The summed E-state index contributed by atoms with van der Waals surface area (Å²) in [7, 11) is 2.06. The Morgan fingerprint density at radius 3 is 2.52 bits per heavy atom. The first-order valence-electron chi connectivity index (χ1n) is 7.87. The van der Waals surface area contributed by atoms with Crippen LogP contribution in [0.15, 0.2) is 0 Å². The highest BCUT2D eigenvalue weighted by molar-refractivity contribution is 5.81. The van der Waals surface area contributed by atoms with Crippen molar-refractivity contribution < 1.29 is 14.3 Å². The summed E-state index contributed by atoms with van der Waals surface area (Å²) < 4.78 is 4.97. The van der Waals surface area contributed by atoms with Crippen molar-refractivity contribution in [2.75, 3.05) is 26.7 Å². The summed E-state index contributed by atoms with van der Waals surface area (Å²) in [6, 6.07) is 0.169. The first kappa shape index (κ1) is 18.0. The van der Waals surface area contributed by atoms with Gasteiger partial charge < -0.3 is 15.0 Å². The predicted molar refractivity (Wildman–Crippen MR) is 82.9 cm³/mol. The van der Waals surface area contributed by atoms with E-state index in [0.717, 1.165) is 25.9 Å². The number of hydrogen-bond acceptors (Lipinski definition) is 4. The SMILES string of the molecule is CCOC(=O)CCC1CC(NC(=O)C(C)(C)C)CN(C)C1. The van der Waals surface area contributed by atoms with E-state index in [4.69, 9.17) is 4.74 Å². The van der Waals surface area contributed by atoms with Crippen LogP contribution in [0, 0.1) is 11.3 Å². The molecule has 1 heterocycles. The van der Waals surface area contributed by atoms with Gasteiger partial charge in [-0.05, 0) is 32.7 Å². The number of hydrogen-bond donors (Lipinski definition) is 1. The summed E-state index contributed by atoms with van der Waals surface area (Å²) in [6.07, 6.45) is 2.23. The average Bonchev–Trinajstić information content (AvgIpc) is 2.35. The number of carbonyl (C=O) groups excluding carboxylic acids is 2. The quantitative estimate of drug-likeness (QED) is 0.787. The van der Waals surface area contributed by atoms with Crippen molar-refractivity contribution in [1.29, 1.82) is 0 Å². The molecular weight excluding hydrogens is 268 g/mol. The van der Waals surface area contributed by atoms with Crippen molar-refractivity contribution in [2.24, 2.45) is 11.3 Å². The minimum atomic E-state index is -0.365. The van der Waals surface area contributed by atoms with E-state index >= 15 is 0 Å². The van der Waals surface area contributed by atoms with Gasteiger partial charge in [-0.25, -0.2) is 0 Å². The molecule has 5 heteroatoms. The first-order chi connectivity index (χ1) is 9.72. The maximum absolute atomic E-state index is 12.1. The largest absolute Gasteiger partial charge is 0.466 e. The van der Waals surface area contributed by atoms with Gasteiger partial charge in [-0.1, -0.05) is 20.8 Å². The fraction of sp³-hybridized carbons (Fsp3) is 0.875. The van der Waals surface area contributed by atoms with E-state index in [1.165, 1.54) is 0 Å². The summed E-state index contributed by atoms with van der Waals surface area (Å²) in [5.41, 5.74) is -0.365. The Hall–Kier alpha value is -1.10. The van der Waals surface area contributed by atoms with Crippen LogP contribution >= 0.6 is 0 Å². The van der Waals surface area contributed by atoms with E-state index < -0.39 is 0 Å². The highest BCUT2D eigenvalue weighted by atomic mass is 16.5. The Labute approximate surface area is 128 Å². The van der Waals surface area contributed by atoms with Gasteiger partial charge in [-0.15, -0.1) is 0 Å². The first-order valence-corrected chi connectivity index (χ1v) is 7.87. The predicted octanol–water partition coefficient (Wildman–Crippen LogP) is 1.81. The second-order valence-electron chi connectivity index (χ2n) is 7.09. The van der Waals surface area contributed by atoms with Gasteiger partial charge in [-0.3, -0.25) is 9.59 Å². The number of nitrogens with one attached hydrogen (secondary N) is 1. The van der Waals surface area contributed by atoms with Crippen LogP contribution in [0.4, 0.5) is 0 Å². The molecule has 122 valence electrons. The molecule has 0 saturated carbocycles. The molecule has 0 bridgehead atoms. The number of nitrogens with zero attached hydrogens (tertiary/aromatic N) is 1. The van der Waals surface area contributed by atoms with Crippen molar-refractivity contribution in [3.05, 3.63) is 0 Å². The third-order valence-corrected chi connectivity index (χ3v) is 3.80. The molecule has 5 nitrogen and oxygen atoms in total. The Bertz CT molecular complexity index is 363. The third kappa shape index (κ3) is 6.46. The van der Waals surface area contributed by atoms with Crippen LogP contribution in [0.2, 0.25) is 0 Å². The van der Waals surface area contributed by atoms with Gasteiger partial charge in [0.05, 0.1) is 6.61 Å². The standard InChI is InChI=1S/C16H30N2O3/c1-6-21-14(19)8-7-12-9-13(11-18(5)10-12)17-15(20)16(2,3)4/h12-13H,6-11H2,1-5H3,(H,17,20). The van der Waals surface area contributed by atoms with Gasteiger partial charge in [0.2, 0.25) is 5.91 Å². The van der Waals surface area contributed by atoms with Gasteiger partial charge in [0.15, 0.2) is 0 Å². The molecule has 0 aromatic carbocycles. The summed E-state index contributed by atoms with van der Waals surface area (Å²) in [4.78, 5) is 25.8. The van der Waals surface area contributed by atoms with Crippen LogP contribution < -0.4 is 5.32 Å². The van der Waals surface area contributed by atoms with Gasteiger partial charge >= 0.3 is 5.97 Å². The molecule has 2 atom stereocenters. The summed E-state index contributed by atoms with van der Waals surface area (Å²) >= 11 is 0. The lowest BCUT2D eigenvalue weighted by molar-refractivity contribution is -0.143. The van der Waals surface area contributed by atoms with Crippen LogP contribution in [0.25, 0.3) is 0 Å². The molecular formula is C16H30N2O3. The molecule has 21 heavy (non-hydrogen) atoms. The Balaban J connectivity index is 2.46. The van der Waals surface area contributed by atoms with E-state index in [1.54, 1.807) is 0 Å². The molecule has 1 N–H and O–H groups in total. The summed E-state index contributed by atoms with van der Waals surface area (Å²) in [5.74, 6) is 0.395. The van der Waals surface area contributed by atoms with Gasteiger partial charge in [0.25, 0.3) is 0 Å². The molecule has 0 aliphatic carbocycles. The molecule has 2 unspecified atom stereocenters. The number of ether oxygens (including phenoxy) is 1. The zero-order valence-electron chi connectivity index (χ0n) is 14.1. The zero-order chi connectivity index (χ0) is 16.0. The van der Waals surface area contributed by atoms with Gasteiger partial charge in [-0.2, -0.15) is 0 Å². The molecule has 0 spiro atoms. The van der Waals surface area contributed by atoms with Crippen LogP contribution in [-0.2, 0) is 14.3 Å². The number of likely N-dealkylation sites (N-methyl/N-ethyl adjacent to an activating group) is 1. The van der Waals surface area contributed by atoms with Crippen LogP contribution in [0.3, 0.4) is 0 Å². The minimum absolute atomic E-state index is 0.0898. The second kappa shape index (κ2) is 7.78. The fourth-order valence-electron chi connectivity index (χ4n) is 2.71. The second-order valence-corrected chi connectivity index (χ2v) is 7.09. The van der Waals surface area contributed by atoms with Gasteiger partial charge in [0.1, 0.15) is 0 Å². The maximum Gasteiger partial charge on any atom is 0.305 e. The summed E-state index contributed by atoms with van der Waals surface area (Å²) in [5, 5.41) is 3.14. The number of esters is 1. The Kier molecular flexibility index (Phi) is 6.65. The molecule has 0 radical (unpaired) electrons.